The highest BCUT2D eigenvalue weighted by molar-refractivity contribution is 5.70. The maximum absolute atomic E-state index is 10.7. The van der Waals surface area contributed by atoms with Crippen molar-refractivity contribution in [2.75, 3.05) is 6.54 Å². The van der Waals surface area contributed by atoms with Gasteiger partial charge in [-0.15, -0.1) is 0 Å². The minimum absolute atomic E-state index is 0.153. The fraction of sp³-hybridized carbons (Fsp3) is 0.444. The van der Waals surface area contributed by atoms with Crippen LogP contribution < -0.4 is 5.73 Å². The summed E-state index contributed by atoms with van der Waals surface area (Å²) in [6, 6.07) is 0. The smallest absolute Gasteiger partial charge is 0.308 e. The molecule has 0 radical (unpaired) electrons. The summed E-state index contributed by atoms with van der Waals surface area (Å²) in [6.45, 7) is 2.04. The van der Waals surface area contributed by atoms with Crippen LogP contribution in [-0.4, -0.2) is 17.6 Å². The topological polar surface area (TPSA) is 76.5 Å². The van der Waals surface area contributed by atoms with Crippen molar-refractivity contribution in [3.8, 4) is 0 Å². The van der Waals surface area contributed by atoms with E-state index in [0.717, 1.165) is 11.1 Å². The Bertz CT molecular complexity index is 293. The van der Waals surface area contributed by atoms with E-state index in [0.29, 0.717) is 6.42 Å². The summed E-state index contributed by atoms with van der Waals surface area (Å²) in [5, 5.41) is 8.75. The monoisotopic (exact) mass is 183 g/mol. The van der Waals surface area contributed by atoms with Crippen molar-refractivity contribution in [2.24, 2.45) is 11.7 Å². The Kier molecular flexibility index (Phi) is 3.08. The Hall–Kier alpha value is -1.29. The summed E-state index contributed by atoms with van der Waals surface area (Å²) in [5.41, 5.74) is 7.22. The van der Waals surface area contributed by atoms with Crippen LogP contribution in [0.3, 0.4) is 0 Å². The van der Waals surface area contributed by atoms with Crippen molar-refractivity contribution in [3.63, 3.8) is 0 Å². The van der Waals surface area contributed by atoms with Gasteiger partial charge in [0.25, 0.3) is 0 Å². The molecule has 13 heavy (non-hydrogen) atoms. The number of aliphatic carboxylic acids is 1. The first kappa shape index (κ1) is 9.80. The number of nitrogens with two attached hydrogens (primary N) is 1. The van der Waals surface area contributed by atoms with Crippen LogP contribution >= 0.6 is 0 Å². The van der Waals surface area contributed by atoms with E-state index in [2.05, 4.69) is 0 Å². The van der Waals surface area contributed by atoms with Gasteiger partial charge in [0, 0.05) is 6.54 Å². The van der Waals surface area contributed by atoms with Crippen molar-refractivity contribution in [3.05, 3.63) is 23.7 Å². The van der Waals surface area contributed by atoms with Crippen molar-refractivity contribution in [1.82, 2.24) is 0 Å². The van der Waals surface area contributed by atoms with E-state index < -0.39 is 11.9 Å². The predicted molar refractivity (Wildman–Crippen MR) is 47.3 cm³/mol. The Balaban J connectivity index is 2.67. The molecule has 4 heteroatoms. The van der Waals surface area contributed by atoms with Crippen LogP contribution in [0.2, 0.25) is 0 Å². The van der Waals surface area contributed by atoms with Gasteiger partial charge in [-0.2, -0.15) is 0 Å². The third-order valence-corrected chi connectivity index (χ3v) is 2.06. The number of carboxylic acids is 1. The number of aryl methyl sites for hydroxylation is 1. The predicted octanol–water partition coefficient (Wildman–Crippen LogP) is 0.790. The number of hydrogen-bond acceptors (Lipinski definition) is 3. The molecule has 4 nitrogen and oxygen atoms in total. The van der Waals surface area contributed by atoms with E-state index in [1.807, 2.05) is 6.92 Å². The molecule has 0 amide bonds. The van der Waals surface area contributed by atoms with Gasteiger partial charge in [-0.3, -0.25) is 4.79 Å². The molecule has 0 fully saturated rings. The minimum Gasteiger partial charge on any atom is -0.481 e. The van der Waals surface area contributed by atoms with Gasteiger partial charge in [0.15, 0.2) is 0 Å². The number of furan rings is 1. The molecule has 0 aliphatic rings. The lowest BCUT2D eigenvalue weighted by atomic mass is 9.99. The summed E-state index contributed by atoms with van der Waals surface area (Å²) >= 11 is 0. The highest BCUT2D eigenvalue weighted by Gasteiger charge is 2.17. The molecule has 3 N–H and O–H groups in total. The second-order valence-corrected chi connectivity index (χ2v) is 3.06. The van der Waals surface area contributed by atoms with Gasteiger partial charge in [0.05, 0.1) is 18.4 Å². The highest BCUT2D eigenvalue weighted by atomic mass is 16.4. The lowest BCUT2D eigenvalue weighted by Crippen LogP contribution is -2.25. The quantitative estimate of drug-likeness (QED) is 0.723. The van der Waals surface area contributed by atoms with Gasteiger partial charge < -0.3 is 15.3 Å². The molecule has 0 aliphatic heterocycles. The summed E-state index contributed by atoms with van der Waals surface area (Å²) in [7, 11) is 0. The van der Waals surface area contributed by atoms with E-state index in [1.165, 1.54) is 0 Å². The van der Waals surface area contributed by atoms with Gasteiger partial charge in [-0.05, 0) is 24.5 Å². The summed E-state index contributed by atoms with van der Waals surface area (Å²) < 4.78 is 4.94. The molecule has 0 spiro atoms. The molecule has 1 rings (SSSR count). The Morgan fingerprint density at radius 3 is 2.77 bits per heavy atom. The fourth-order valence-corrected chi connectivity index (χ4v) is 1.13. The maximum Gasteiger partial charge on any atom is 0.308 e. The van der Waals surface area contributed by atoms with Gasteiger partial charge >= 0.3 is 5.97 Å². The first-order chi connectivity index (χ1) is 6.15. The molecule has 0 bridgehead atoms. The first-order valence-electron chi connectivity index (χ1n) is 4.09. The highest BCUT2D eigenvalue weighted by Crippen LogP contribution is 2.14. The fourth-order valence-electron chi connectivity index (χ4n) is 1.13. The standard InChI is InChI=1S/C9H13NO3/c1-6-4-13-5-8(6)2-7(3-10)9(11)12/h4-5,7H,2-3,10H2,1H3,(H,11,12). The molecular weight excluding hydrogens is 170 g/mol. The Morgan fingerprint density at radius 2 is 2.38 bits per heavy atom. The molecule has 0 aliphatic carbocycles. The van der Waals surface area contributed by atoms with Gasteiger partial charge in [-0.25, -0.2) is 0 Å². The summed E-state index contributed by atoms with van der Waals surface area (Å²) in [6.07, 6.45) is 3.61. The zero-order valence-corrected chi connectivity index (χ0v) is 7.49. The van der Waals surface area contributed by atoms with Crippen LogP contribution in [-0.2, 0) is 11.2 Å². The normalized spacial score (nSPS) is 12.8. The molecule has 1 heterocycles. The van der Waals surface area contributed by atoms with Crippen LogP contribution in [0.25, 0.3) is 0 Å². The number of carboxylic acid groups (broad SMARTS) is 1. The van der Waals surface area contributed by atoms with Crippen LogP contribution in [0.4, 0.5) is 0 Å². The summed E-state index contributed by atoms with van der Waals surface area (Å²) in [5.74, 6) is -1.38. The van der Waals surface area contributed by atoms with Crippen LogP contribution in [0.1, 0.15) is 11.1 Å². The number of hydrogen-bond donors (Lipinski definition) is 2. The van der Waals surface area contributed by atoms with Crippen LogP contribution in [0, 0.1) is 12.8 Å². The van der Waals surface area contributed by atoms with Crippen molar-refractivity contribution in [2.45, 2.75) is 13.3 Å². The zero-order valence-electron chi connectivity index (χ0n) is 7.49. The molecule has 0 aromatic carbocycles. The second kappa shape index (κ2) is 4.09. The van der Waals surface area contributed by atoms with Crippen molar-refractivity contribution >= 4 is 5.97 Å². The third-order valence-electron chi connectivity index (χ3n) is 2.06. The largest absolute Gasteiger partial charge is 0.481 e. The first-order valence-corrected chi connectivity index (χ1v) is 4.09. The lowest BCUT2D eigenvalue weighted by molar-refractivity contribution is -0.141. The average Bonchev–Trinajstić information content (AvgIpc) is 2.46. The average molecular weight is 183 g/mol. The Morgan fingerprint density at radius 1 is 1.69 bits per heavy atom. The third kappa shape index (κ3) is 2.32. The second-order valence-electron chi connectivity index (χ2n) is 3.06. The van der Waals surface area contributed by atoms with Crippen LogP contribution in [0.15, 0.2) is 16.9 Å². The van der Waals surface area contributed by atoms with Gasteiger partial charge in [-0.1, -0.05) is 0 Å². The molecular formula is C9H13NO3. The zero-order chi connectivity index (χ0) is 9.84. The molecule has 1 unspecified atom stereocenters. The van der Waals surface area contributed by atoms with Crippen molar-refractivity contribution in [1.29, 1.82) is 0 Å². The van der Waals surface area contributed by atoms with Crippen molar-refractivity contribution < 1.29 is 14.3 Å². The van der Waals surface area contributed by atoms with E-state index >= 15 is 0 Å². The summed E-state index contributed by atoms with van der Waals surface area (Å²) in [4.78, 5) is 10.7. The van der Waals surface area contributed by atoms with Gasteiger partial charge in [0.1, 0.15) is 0 Å². The SMILES string of the molecule is Cc1cocc1CC(CN)C(=O)O. The van der Waals surface area contributed by atoms with E-state index in [9.17, 15) is 4.79 Å². The lowest BCUT2D eigenvalue weighted by Gasteiger charge is -2.07. The number of rotatable bonds is 4. The minimum atomic E-state index is -0.858. The van der Waals surface area contributed by atoms with E-state index in [1.54, 1.807) is 12.5 Å². The Labute approximate surface area is 76.3 Å². The molecule has 0 saturated heterocycles. The van der Waals surface area contributed by atoms with Gasteiger partial charge in [0.2, 0.25) is 0 Å². The molecule has 1 aromatic heterocycles. The molecule has 1 atom stereocenters. The maximum atomic E-state index is 10.7. The number of carbonyl (C=O) groups is 1. The molecule has 0 saturated carbocycles. The molecule has 1 aromatic rings. The van der Waals surface area contributed by atoms with E-state index in [4.69, 9.17) is 15.3 Å². The van der Waals surface area contributed by atoms with E-state index in [-0.39, 0.29) is 6.54 Å². The van der Waals surface area contributed by atoms with Crippen LogP contribution in [0.5, 0.6) is 0 Å². The molecule has 72 valence electrons.